The molecule has 2 aromatic carbocycles. The van der Waals surface area contributed by atoms with E-state index in [0.717, 1.165) is 29.5 Å². The van der Waals surface area contributed by atoms with Gasteiger partial charge < -0.3 is 10.1 Å². The van der Waals surface area contributed by atoms with Gasteiger partial charge in [0.25, 0.3) is 5.69 Å². The second-order valence-electron chi connectivity index (χ2n) is 5.19. The standard InChI is InChI=1S/C17H17FN2O4/c1-12-5-2-3-6-16(12)24-10-4-7-17(21)19-15-11-13(20(22)23)8-9-14(15)18/h2-3,5-6,8-9,11H,4,7,10H2,1H3,(H,19,21). The van der Waals surface area contributed by atoms with Crippen LogP contribution in [-0.4, -0.2) is 17.4 Å². The number of non-ortho nitro benzene ring substituents is 1. The molecular weight excluding hydrogens is 315 g/mol. The summed E-state index contributed by atoms with van der Waals surface area (Å²) in [5, 5.41) is 13.0. The van der Waals surface area contributed by atoms with E-state index in [4.69, 9.17) is 4.74 Å². The van der Waals surface area contributed by atoms with E-state index >= 15 is 0 Å². The smallest absolute Gasteiger partial charge is 0.271 e. The first-order valence-corrected chi connectivity index (χ1v) is 7.39. The normalized spacial score (nSPS) is 10.2. The molecule has 0 fully saturated rings. The number of rotatable bonds is 7. The van der Waals surface area contributed by atoms with Gasteiger partial charge in [0.05, 0.1) is 17.2 Å². The van der Waals surface area contributed by atoms with Gasteiger partial charge in [-0.15, -0.1) is 0 Å². The van der Waals surface area contributed by atoms with E-state index in [1.165, 1.54) is 0 Å². The number of hydrogen-bond acceptors (Lipinski definition) is 4. The number of amides is 1. The van der Waals surface area contributed by atoms with Crippen molar-refractivity contribution in [2.75, 3.05) is 11.9 Å². The van der Waals surface area contributed by atoms with Crippen molar-refractivity contribution in [1.82, 2.24) is 0 Å². The number of nitro benzene ring substituents is 1. The first-order chi connectivity index (χ1) is 11.5. The Hall–Kier alpha value is -2.96. The summed E-state index contributed by atoms with van der Waals surface area (Å²) in [5.74, 6) is -0.393. The van der Waals surface area contributed by atoms with Crippen molar-refractivity contribution in [1.29, 1.82) is 0 Å². The molecule has 0 saturated heterocycles. The molecule has 1 N–H and O–H groups in total. The molecule has 2 aromatic rings. The molecule has 0 unspecified atom stereocenters. The van der Waals surface area contributed by atoms with Gasteiger partial charge in [-0.05, 0) is 31.0 Å². The number of carbonyl (C=O) groups is 1. The summed E-state index contributed by atoms with van der Waals surface area (Å²) in [7, 11) is 0. The Morgan fingerprint density at radius 2 is 2.04 bits per heavy atom. The van der Waals surface area contributed by atoms with Crippen LogP contribution in [-0.2, 0) is 4.79 Å². The van der Waals surface area contributed by atoms with Crippen molar-refractivity contribution in [3.63, 3.8) is 0 Å². The Labute approximate surface area is 138 Å². The fraction of sp³-hybridized carbons (Fsp3) is 0.235. The van der Waals surface area contributed by atoms with Gasteiger partial charge in [-0.2, -0.15) is 0 Å². The molecule has 126 valence electrons. The highest BCUT2D eigenvalue weighted by atomic mass is 19.1. The summed E-state index contributed by atoms with van der Waals surface area (Å²) in [6.45, 7) is 2.27. The maximum absolute atomic E-state index is 13.6. The van der Waals surface area contributed by atoms with Gasteiger partial charge in [0.2, 0.25) is 5.91 Å². The highest BCUT2D eigenvalue weighted by molar-refractivity contribution is 5.91. The topological polar surface area (TPSA) is 81.5 Å². The molecule has 2 rings (SSSR count). The second-order valence-corrected chi connectivity index (χ2v) is 5.19. The van der Waals surface area contributed by atoms with E-state index in [9.17, 15) is 19.3 Å². The van der Waals surface area contributed by atoms with Crippen LogP contribution in [0.5, 0.6) is 5.75 Å². The summed E-state index contributed by atoms with van der Waals surface area (Å²) in [4.78, 5) is 21.9. The molecule has 6 nitrogen and oxygen atoms in total. The molecule has 0 aromatic heterocycles. The number of para-hydroxylation sites is 1. The summed E-state index contributed by atoms with van der Waals surface area (Å²) >= 11 is 0. The number of nitro groups is 1. The van der Waals surface area contributed by atoms with Gasteiger partial charge in [-0.3, -0.25) is 14.9 Å². The van der Waals surface area contributed by atoms with Crippen molar-refractivity contribution in [3.05, 3.63) is 64.0 Å². The lowest BCUT2D eigenvalue weighted by Gasteiger charge is -2.09. The van der Waals surface area contributed by atoms with E-state index < -0.39 is 16.6 Å². The first kappa shape index (κ1) is 17.4. The predicted molar refractivity (Wildman–Crippen MR) is 87.6 cm³/mol. The van der Waals surface area contributed by atoms with Crippen LogP contribution in [0.1, 0.15) is 18.4 Å². The predicted octanol–water partition coefficient (Wildman–Crippen LogP) is 3.84. The van der Waals surface area contributed by atoms with Crippen molar-refractivity contribution in [2.24, 2.45) is 0 Å². The van der Waals surface area contributed by atoms with E-state index in [1.54, 1.807) is 0 Å². The second kappa shape index (κ2) is 8.05. The molecule has 0 aliphatic rings. The first-order valence-electron chi connectivity index (χ1n) is 7.39. The highest BCUT2D eigenvalue weighted by Crippen LogP contribution is 2.21. The molecule has 0 atom stereocenters. The van der Waals surface area contributed by atoms with Crippen molar-refractivity contribution in [3.8, 4) is 5.75 Å². The SMILES string of the molecule is Cc1ccccc1OCCCC(=O)Nc1cc([N+](=O)[O-])ccc1F. The van der Waals surface area contributed by atoms with Crippen LogP contribution in [0.3, 0.4) is 0 Å². The van der Waals surface area contributed by atoms with Crippen molar-refractivity contribution >= 4 is 17.3 Å². The minimum Gasteiger partial charge on any atom is -0.493 e. The van der Waals surface area contributed by atoms with Gasteiger partial charge in [0, 0.05) is 18.6 Å². The van der Waals surface area contributed by atoms with E-state index in [0.29, 0.717) is 13.0 Å². The number of nitrogens with zero attached hydrogens (tertiary/aromatic N) is 1. The summed E-state index contributed by atoms with van der Waals surface area (Å²) < 4.78 is 19.2. The minimum atomic E-state index is -0.717. The number of hydrogen-bond donors (Lipinski definition) is 1. The quantitative estimate of drug-likeness (QED) is 0.474. The summed E-state index contributed by atoms with van der Waals surface area (Å²) in [5.41, 5.74) is 0.518. The molecular formula is C17H17FN2O4. The van der Waals surface area contributed by atoms with Crippen LogP contribution >= 0.6 is 0 Å². The molecule has 0 spiro atoms. The van der Waals surface area contributed by atoms with E-state index in [2.05, 4.69) is 5.32 Å². The molecule has 0 aliphatic heterocycles. The Bertz CT molecular complexity index is 749. The maximum Gasteiger partial charge on any atom is 0.271 e. The number of halogens is 1. The van der Waals surface area contributed by atoms with Crippen LogP contribution in [0.15, 0.2) is 42.5 Å². The van der Waals surface area contributed by atoms with Crippen LogP contribution < -0.4 is 10.1 Å². The molecule has 24 heavy (non-hydrogen) atoms. The monoisotopic (exact) mass is 332 g/mol. The highest BCUT2D eigenvalue weighted by Gasteiger charge is 2.13. The van der Waals surface area contributed by atoms with Crippen LogP contribution in [0.2, 0.25) is 0 Å². The number of ether oxygens (including phenoxy) is 1. The molecule has 7 heteroatoms. The molecule has 0 aliphatic carbocycles. The lowest BCUT2D eigenvalue weighted by molar-refractivity contribution is -0.384. The number of benzene rings is 2. The Morgan fingerprint density at radius 3 is 2.75 bits per heavy atom. The maximum atomic E-state index is 13.6. The minimum absolute atomic E-state index is 0.119. The molecule has 0 bridgehead atoms. The fourth-order valence-electron chi connectivity index (χ4n) is 2.07. The Kier molecular flexibility index (Phi) is 5.83. The van der Waals surface area contributed by atoms with Gasteiger partial charge in [-0.1, -0.05) is 18.2 Å². The average molecular weight is 332 g/mol. The molecule has 0 heterocycles. The fourth-order valence-corrected chi connectivity index (χ4v) is 2.07. The van der Waals surface area contributed by atoms with Crippen LogP contribution in [0, 0.1) is 22.9 Å². The van der Waals surface area contributed by atoms with Gasteiger partial charge in [0.15, 0.2) is 0 Å². The zero-order valence-corrected chi connectivity index (χ0v) is 13.1. The number of aryl methyl sites for hydroxylation is 1. The number of carbonyl (C=O) groups excluding carboxylic acids is 1. The van der Waals surface area contributed by atoms with Crippen LogP contribution in [0.4, 0.5) is 15.8 Å². The van der Waals surface area contributed by atoms with Crippen molar-refractivity contribution in [2.45, 2.75) is 19.8 Å². The Balaban J connectivity index is 1.82. The largest absolute Gasteiger partial charge is 0.493 e. The van der Waals surface area contributed by atoms with Crippen LogP contribution in [0.25, 0.3) is 0 Å². The molecule has 0 radical (unpaired) electrons. The third kappa shape index (κ3) is 4.77. The number of anilines is 1. The summed E-state index contributed by atoms with van der Waals surface area (Å²) in [6, 6.07) is 10.5. The molecule has 1 amide bonds. The zero-order chi connectivity index (χ0) is 17.5. The third-order valence-electron chi connectivity index (χ3n) is 3.33. The number of nitrogens with one attached hydrogen (secondary N) is 1. The Morgan fingerprint density at radius 1 is 1.29 bits per heavy atom. The van der Waals surface area contributed by atoms with Gasteiger partial charge >= 0.3 is 0 Å². The molecule has 0 saturated carbocycles. The third-order valence-corrected chi connectivity index (χ3v) is 3.33. The van der Waals surface area contributed by atoms with Crippen molar-refractivity contribution < 1.29 is 18.8 Å². The van der Waals surface area contributed by atoms with Gasteiger partial charge in [0.1, 0.15) is 11.6 Å². The lowest BCUT2D eigenvalue weighted by atomic mass is 10.2. The van der Waals surface area contributed by atoms with E-state index in [-0.39, 0.29) is 17.8 Å². The lowest BCUT2D eigenvalue weighted by Crippen LogP contribution is -2.14. The average Bonchev–Trinajstić information content (AvgIpc) is 2.55. The van der Waals surface area contributed by atoms with E-state index in [1.807, 2.05) is 31.2 Å². The zero-order valence-electron chi connectivity index (χ0n) is 13.1. The van der Waals surface area contributed by atoms with Gasteiger partial charge in [-0.25, -0.2) is 4.39 Å². The summed E-state index contributed by atoms with van der Waals surface area (Å²) in [6.07, 6.45) is 0.560.